The van der Waals surface area contributed by atoms with Crippen molar-refractivity contribution in [2.24, 2.45) is 0 Å². The second-order valence-electron chi connectivity index (χ2n) is 4.90. The van der Waals surface area contributed by atoms with E-state index in [1.165, 1.54) is 24.3 Å². The summed E-state index contributed by atoms with van der Waals surface area (Å²) in [6.45, 7) is -0.0471. The maximum Gasteiger partial charge on any atom is 0.408 e. The molecule has 1 saturated heterocycles. The van der Waals surface area contributed by atoms with E-state index >= 15 is 0 Å². The lowest BCUT2D eigenvalue weighted by molar-refractivity contribution is -0.384. The Bertz CT molecular complexity index is 591. The summed E-state index contributed by atoms with van der Waals surface area (Å²) < 4.78 is 10.2. The molecule has 2 rings (SSSR count). The number of ether oxygens (including phenoxy) is 2. The molecule has 1 heterocycles. The fourth-order valence-electron chi connectivity index (χ4n) is 2.14. The van der Waals surface area contributed by atoms with Crippen molar-refractivity contribution in [2.75, 3.05) is 12.5 Å². The highest BCUT2D eigenvalue weighted by Crippen LogP contribution is 2.28. The van der Waals surface area contributed by atoms with Crippen molar-refractivity contribution < 1.29 is 24.0 Å². The summed E-state index contributed by atoms with van der Waals surface area (Å²) >= 11 is 5.50. The van der Waals surface area contributed by atoms with Crippen molar-refractivity contribution in [1.29, 1.82) is 0 Å². The van der Waals surface area contributed by atoms with Crippen molar-refractivity contribution in [1.82, 2.24) is 5.32 Å². The molecule has 8 nitrogen and oxygen atoms in total. The Morgan fingerprint density at radius 2 is 2.09 bits per heavy atom. The molecule has 1 aromatic carbocycles. The molecule has 0 unspecified atom stereocenters. The molecule has 0 spiro atoms. The van der Waals surface area contributed by atoms with Gasteiger partial charge in [0, 0.05) is 24.4 Å². The summed E-state index contributed by atoms with van der Waals surface area (Å²) in [5, 5.41) is 13.2. The van der Waals surface area contributed by atoms with Gasteiger partial charge < -0.3 is 14.8 Å². The molecule has 1 aliphatic rings. The predicted octanol–water partition coefficient (Wildman–Crippen LogP) is 2.31. The third-order valence-corrected chi connectivity index (χ3v) is 3.54. The number of hydrogen-bond acceptors (Lipinski definition) is 6. The van der Waals surface area contributed by atoms with Crippen LogP contribution in [0.25, 0.3) is 0 Å². The first-order valence-corrected chi connectivity index (χ1v) is 7.48. The van der Waals surface area contributed by atoms with Crippen molar-refractivity contribution in [2.45, 2.75) is 25.0 Å². The number of alkyl carbamates (subject to hydrolysis) is 1. The first-order valence-electron chi connectivity index (χ1n) is 6.94. The Morgan fingerprint density at radius 1 is 1.39 bits per heavy atom. The lowest BCUT2D eigenvalue weighted by Gasteiger charge is -2.17. The van der Waals surface area contributed by atoms with Crippen molar-refractivity contribution in [3.8, 4) is 0 Å². The number of cyclic esters (lactones) is 1. The topological polar surface area (TPSA) is 108 Å². The zero-order valence-electron chi connectivity index (χ0n) is 12.1. The normalized spacial score (nSPS) is 19.8. The Labute approximate surface area is 136 Å². The molecule has 0 radical (unpaired) electrons. The van der Waals surface area contributed by atoms with Gasteiger partial charge in [0.2, 0.25) is 0 Å². The first kappa shape index (κ1) is 17.0. The second kappa shape index (κ2) is 7.77. The average Bonchev–Trinajstić information content (AvgIpc) is 2.91. The molecule has 1 fully saturated rings. The van der Waals surface area contributed by atoms with Gasteiger partial charge in [-0.1, -0.05) is 0 Å². The van der Waals surface area contributed by atoms with Gasteiger partial charge in [0.1, 0.15) is 12.6 Å². The van der Waals surface area contributed by atoms with Crippen LogP contribution in [0.15, 0.2) is 24.3 Å². The molecule has 9 heteroatoms. The van der Waals surface area contributed by atoms with Gasteiger partial charge >= 0.3 is 12.1 Å². The molecule has 0 aromatic heterocycles. The fourth-order valence-corrected chi connectivity index (χ4v) is 2.27. The van der Waals surface area contributed by atoms with Gasteiger partial charge in [-0.2, -0.15) is 0 Å². The van der Waals surface area contributed by atoms with Gasteiger partial charge in [0.05, 0.1) is 4.92 Å². The molecule has 23 heavy (non-hydrogen) atoms. The van der Waals surface area contributed by atoms with Gasteiger partial charge in [-0.05, 0) is 24.1 Å². The number of hydrogen-bond donors (Lipinski definition) is 1. The summed E-state index contributed by atoms with van der Waals surface area (Å²) in [4.78, 5) is 33.1. The molecule has 2 atom stereocenters. The third kappa shape index (κ3) is 4.56. The van der Waals surface area contributed by atoms with Gasteiger partial charge in [-0.3, -0.25) is 14.9 Å². The average molecular weight is 343 g/mol. The van der Waals surface area contributed by atoms with Crippen LogP contribution in [0.2, 0.25) is 0 Å². The van der Waals surface area contributed by atoms with Crippen LogP contribution >= 0.6 is 11.6 Å². The highest BCUT2D eigenvalue weighted by atomic mass is 35.5. The van der Waals surface area contributed by atoms with Crippen LogP contribution in [0.5, 0.6) is 0 Å². The maximum atomic E-state index is 11.5. The van der Waals surface area contributed by atoms with Crippen LogP contribution in [0.1, 0.15) is 24.5 Å². The molecule has 1 aromatic rings. The number of nitrogens with zero attached hydrogens (tertiary/aromatic N) is 1. The number of halogens is 1. The number of nitro groups is 1. The lowest BCUT2D eigenvalue weighted by Crippen LogP contribution is -2.33. The number of carbonyl (C=O) groups excluding carboxylic acids is 2. The highest BCUT2D eigenvalue weighted by Gasteiger charge is 2.36. The number of carbonyl (C=O) groups is 2. The van der Waals surface area contributed by atoms with E-state index in [0.29, 0.717) is 17.9 Å². The van der Waals surface area contributed by atoms with Crippen LogP contribution in [0.3, 0.4) is 0 Å². The first-order chi connectivity index (χ1) is 11.0. The molecule has 124 valence electrons. The molecule has 0 bridgehead atoms. The van der Waals surface area contributed by atoms with E-state index < -0.39 is 29.1 Å². The summed E-state index contributed by atoms with van der Waals surface area (Å²) in [5.41, 5.74) is 0.519. The highest BCUT2D eigenvalue weighted by molar-refractivity contribution is 6.17. The van der Waals surface area contributed by atoms with Gasteiger partial charge in [0.15, 0.2) is 6.10 Å². The summed E-state index contributed by atoms with van der Waals surface area (Å²) in [5.74, 6) is -0.0432. The molecule has 1 aliphatic heterocycles. The summed E-state index contributed by atoms with van der Waals surface area (Å²) in [7, 11) is 0. The Morgan fingerprint density at radius 3 is 2.70 bits per heavy atom. The Hall–Kier alpha value is -2.35. The van der Waals surface area contributed by atoms with Crippen LogP contribution in [0, 0.1) is 10.1 Å². The Kier molecular flexibility index (Phi) is 5.75. The second-order valence-corrected chi connectivity index (χ2v) is 5.28. The van der Waals surface area contributed by atoms with Crippen LogP contribution < -0.4 is 5.32 Å². The van der Waals surface area contributed by atoms with Gasteiger partial charge in [0.25, 0.3) is 5.69 Å². The van der Waals surface area contributed by atoms with Crippen molar-refractivity contribution >= 4 is 29.4 Å². The molecular weight excluding hydrogens is 328 g/mol. The molecule has 1 amide bonds. The monoisotopic (exact) mass is 342 g/mol. The van der Waals surface area contributed by atoms with E-state index in [1.54, 1.807) is 0 Å². The number of benzene rings is 1. The van der Waals surface area contributed by atoms with E-state index in [9.17, 15) is 19.7 Å². The molecular formula is C14H15ClN2O6. The number of nitrogens with one attached hydrogen (secondary N) is 1. The minimum atomic E-state index is -0.677. The minimum Gasteiger partial charge on any atom is -0.463 e. The zero-order chi connectivity index (χ0) is 16.8. The number of non-ortho nitro benzene ring substituents is 1. The van der Waals surface area contributed by atoms with E-state index in [0.717, 1.165) is 0 Å². The molecule has 1 N–H and O–H groups in total. The fraction of sp³-hybridized carbons (Fsp3) is 0.429. The number of rotatable bonds is 7. The van der Waals surface area contributed by atoms with Crippen LogP contribution in [-0.2, 0) is 14.3 Å². The standard InChI is InChI=1S/C14H15ClN2O6/c15-7-1-2-12(18)22-8-11-13(23-14(19)16-11)9-3-5-10(6-4-9)17(20)21/h3-6,11,13H,1-2,7-8H2,(H,16,19)/t11-,13-/m1/s1. The van der Waals surface area contributed by atoms with E-state index in [2.05, 4.69) is 5.32 Å². The number of alkyl halides is 1. The zero-order valence-corrected chi connectivity index (χ0v) is 12.8. The molecule has 0 aliphatic carbocycles. The third-order valence-electron chi connectivity index (χ3n) is 3.27. The van der Waals surface area contributed by atoms with E-state index in [4.69, 9.17) is 21.1 Å². The van der Waals surface area contributed by atoms with Crippen LogP contribution in [-0.4, -0.2) is 35.5 Å². The van der Waals surface area contributed by atoms with E-state index in [1.807, 2.05) is 0 Å². The van der Waals surface area contributed by atoms with Gasteiger partial charge in [-0.25, -0.2) is 4.79 Å². The maximum absolute atomic E-state index is 11.5. The van der Waals surface area contributed by atoms with Gasteiger partial charge in [-0.15, -0.1) is 11.6 Å². The van der Waals surface area contributed by atoms with E-state index in [-0.39, 0.29) is 18.7 Å². The lowest BCUT2D eigenvalue weighted by atomic mass is 10.0. The number of nitro benzene ring substituents is 1. The largest absolute Gasteiger partial charge is 0.463 e. The quantitative estimate of drug-likeness (QED) is 0.352. The molecule has 0 saturated carbocycles. The number of amides is 1. The Balaban J connectivity index is 2.00. The van der Waals surface area contributed by atoms with Crippen molar-refractivity contribution in [3.63, 3.8) is 0 Å². The number of esters is 1. The smallest absolute Gasteiger partial charge is 0.408 e. The van der Waals surface area contributed by atoms with Crippen molar-refractivity contribution in [3.05, 3.63) is 39.9 Å². The summed E-state index contributed by atoms with van der Waals surface area (Å²) in [6.07, 6.45) is -0.591. The minimum absolute atomic E-state index is 0.0471. The SMILES string of the molecule is O=C(CCCCl)OC[C@H]1NC(=O)O[C@@H]1c1ccc([N+](=O)[O-])cc1. The van der Waals surface area contributed by atoms with Crippen LogP contribution in [0.4, 0.5) is 10.5 Å². The summed E-state index contributed by atoms with van der Waals surface area (Å²) in [6, 6.07) is 5.11. The predicted molar refractivity (Wildman–Crippen MR) is 80.2 cm³/mol.